The lowest BCUT2D eigenvalue weighted by molar-refractivity contribution is -0.122. The maximum Gasteiger partial charge on any atom is 0.357 e. The summed E-state index contributed by atoms with van der Waals surface area (Å²) in [6, 6.07) is 17.5. The van der Waals surface area contributed by atoms with Crippen molar-refractivity contribution in [1.29, 1.82) is 0 Å². The molecule has 146 valence electrons. The predicted octanol–water partition coefficient (Wildman–Crippen LogP) is 3.16. The Morgan fingerprint density at radius 3 is 2.72 bits per heavy atom. The minimum Gasteiger partial charge on any atom is -0.451 e. The topological polar surface area (TPSA) is 88.6 Å². The van der Waals surface area contributed by atoms with Crippen LogP contribution in [0.5, 0.6) is 0 Å². The zero-order valence-electron chi connectivity index (χ0n) is 15.8. The number of fused-ring (bicyclic) bond motifs is 2. The van der Waals surface area contributed by atoms with E-state index < -0.39 is 18.5 Å². The van der Waals surface area contributed by atoms with Crippen molar-refractivity contribution in [3.63, 3.8) is 0 Å². The molecule has 2 heterocycles. The minimum atomic E-state index is -0.672. The average molecular weight is 389 g/mol. The molecule has 1 aromatic heterocycles. The van der Waals surface area contributed by atoms with E-state index in [1.54, 1.807) is 49.4 Å². The molecule has 4 rings (SSSR count). The van der Waals surface area contributed by atoms with Gasteiger partial charge < -0.3 is 15.0 Å². The SMILES string of the molecule is C[C@H]1CC(=O)Nc2ccccc2N1C(=O)COC(=O)c1ccc2ccccc2n1. The molecule has 0 fully saturated rings. The van der Waals surface area contributed by atoms with Crippen LogP contribution in [0.2, 0.25) is 0 Å². The van der Waals surface area contributed by atoms with Crippen molar-refractivity contribution >= 4 is 40.1 Å². The molecule has 1 atom stereocenters. The highest BCUT2D eigenvalue weighted by atomic mass is 16.5. The second-order valence-electron chi connectivity index (χ2n) is 6.85. The van der Waals surface area contributed by atoms with Gasteiger partial charge in [0.05, 0.1) is 16.9 Å². The molecule has 1 aliphatic heterocycles. The lowest BCUT2D eigenvalue weighted by atomic mass is 10.1. The van der Waals surface area contributed by atoms with E-state index in [1.807, 2.05) is 18.2 Å². The molecule has 2 aromatic carbocycles. The zero-order valence-corrected chi connectivity index (χ0v) is 15.8. The van der Waals surface area contributed by atoms with Crippen molar-refractivity contribution in [1.82, 2.24) is 4.98 Å². The highest BCUT2D eigenvalue weighted by Gasteiger charge is 2.30. The number of rotatable bonds is 3. The largest absolute Gasteiger partial charge is 0.451 e. The third-order valence-electron chi connectivity index (χ3n) is 4.76. The number of benzene rings is 2. The van der Waals surface area contributed by atoms with Crippen molar-refractivity contribution in [2.75, 3.05) is 16.8 Å². The Balaban J connectivity index is 1.51. The van der Waals surface area contributed by atoms with Crippen LogP contribution in [0, 0.1) is 0 Å². The van der Waals surface area contributed by atoms with Gasteiger partial charge in [0, 0.05) is 17.8 Å². The van der Waals surface area contributed by atoms with Crippen molar-refractivity contribution in [2.24, 2.45) is 0 Å². The predicted molar refractivity (Wildman–Crippen MR) is 109 cm³/mol. The molecule has 29 heavy (non-hydrogen) atoms. The first kappa shape index (κ1) is 18.6. The van der Waals surface area contributed by atoms with E-state index in [1.165, 1.54) is 4.90 Å². The third-order valence-corrected chi connectivity index (χ3v) is 4.76. The Kier molecular flexibility index (Phi) is 4.95. The number of esters is 1. The van der Waals surface area contributed by atoms with Crippen LogP contribution in [0.25, 0.3) is 10.9 Å². The van der Waals surface area contributed by atoms with Gasteiger partial charge in [-0.05, 0) is 31.2 Å². The number of nitrogens with zero attached hydrogens (tertiary/aromatic N) is 2. The number of aromatic nitrogens is 1. The quantitative estimate of drug-likeness (QED) is 0.695. The number of pyridine rings is 1. The molecule has 7 heteroatoms. The molecule has 7 nitrogen and oxygen atoms in total. The molecule has 0 radical (unpaired) electrons. The highest BCUT2D eigenvalue weighted by Crippen LogP contribution is 2.31. The van der Waals surface area contributed by atoms with E-state index in [2.05, 4.69) is 10.3 Å². The minimum absolute atomic E-state index is 0.137. The van der Waals surface area contributed by atoms with Gasteiger partial charge in [0.2, 0.25) is 5.91 Å². The van der Waals surface area contributed by atoms with E-state index in [9.17, 15) is 14.4 Å². The number of hydrogen-bond acceptors (Lipinski definition) is 5. The number of carbonyl (C=O) groups excluding carboxylic acids is 3. The molecule has 1 aliphatic rings. The van der Waals surface area contributed by atoms with Crippen molar-refractivity contribution in [3.05, 3.63) is 66.4 Å². The Morgan fingerprint density at radius 1 is 1.10 bits per heavy atom. The maximum absolute atomic E-state index is 12.9. The fourth-order valence-electron chi connectivity index (χ4n) is 3.42. The number of amides is 2. The first-order valence-corrected chi connectivity index (χ1v) is 9.27. The summed E-state index contributed by atoms with van der Waals surface area (Å²) < 4.78 is 5.23. The summed E-state index contributed by atoms with van der Waals surface area (Å²) in [5, 5.41) is 3.70. The van der Waals surface area contributed by atoms with E-state index in [4.69, 9.17) is 4.74 Å². The second kappa shape index (κ2) is 7.71. The van der Waals surface area contributed by atoms with Crippen LogP contribution in [0.4, 0.5) is 11.4 Å². The normalized spacial score (nSPS) is 16.0. The van der Waals surface area contributed by atoms with E-state index >= 15 is 0 Å². The Labute approximate surface area is 167 Å². The summed E-state index contributed by atoms with van der Waals surface area (Å²) in [6.45, 7) is 1.34. The first-order valence-electron chi connectivity index (χ1n) is 9.27. The molecule has 3 aromatic rings. The van der Waals surface area contributed by atoms with Gasteiger partial charge in [0.25, 0.3) is 5.91 Å². The monoisotopic (exact) mass is 389 g/mol. The van der Waals surface area contributed by atoms with Gasteiger partial charge in [-0.25, -0.2) is 9.78 Å². The van der Waals surface area contributed by atoms with Gasteiger partial charge in [-0.2, -0.15) is 0 Å². The van der Waals surface area contributed by atoms with E-state index in [0.29, 0.717) is 16.9 Å². The van der Waals surface area contributed by atoms with E-state index in [-0.39, 0.29) is 24.1 Å². The fraction of sp³-hybridized carbons (Fsp3) is 0.182. The molecular weight excluding hydrogens is 370 g/mol. The van der Waals surface area contributed by atoms with Crippen LogP contribution in [-0.4, -0.2) is 35.4 Å². The summed E-state index contributed by atoms with van der Waals surface area (Å²) in [5.41, 5.74) is 1.94. The third kappa shape index (κ3) is 3.80. The molecule has 0 saturated carbocycles. The Bertz CT molecular complexity index is 1110. The van der Waals surface area contributed by atoms with Crippen LogP contribution < -0.4 is 10.2 Å². The number of hydrogen-bond donors (Lipinski definition) is 1. The van der Waals surface area contributed by atoms with Crippen molar-refractivity contribution < 1.29 is 19.1 Å². The number of ether oxygens (including phenoxy) is 1. The average Bonchev–Trinajstić information content (AvgIpc) is 2.85. The van der Waals surface area contributed by atoms with Crippen LogP contribution in [-0.2, 0) is 14.3 Å². The summed E-state index contributed by atoms with van der Waals surface area (Å²) >= 11 is 0. The molecular formula is C22H19N3O4. The summed E-state index contributed by atoms with van der Waals surface area (Å²) in [4.78, 5) is 43.1. The molecule has 2 amide bonds. The lowest BCUT2D eigenvalue weighted by Crippen LogP contribution is -2.41. The molecule has 0 unspecified atom stereocenters. The van der Waals surface area contributed by atoms with Crippen molar-refractivity contribution in [2.45, 2.75) is 19.4 Å². The van der Waals surface area contributed by atoms with Gasteiger partial charge in [-0.1, -0.05) is 36.4 Å². The first-order chi connectivity index (χ1) is 14.0. The van der Waals surface area contributed by atoms with Crippen LogP contribution in [0.1, 0.15) is 23.8 Å². The molecule has 1 N–H and O–H groups in total. The molecule has 0 bridgehead atoms. The summed E-state index contributed by atoms with van der Waals surface area (Å²) in [6.07, 6.45) is 0.153. The number of nitrogens with one attached hydrogen (secondary N) is 1. The highest BCUT2D eigenvalue weighted by molar-refractivity contribution is 6.05. The fourth-order valence-corrected chi connectivity index (χ4v) is 3.42. The Morgan fingerprint density at radius 2 is 1.86 bits per heavy atom. The number of anilines is 2. The Hall–Kier alpha value is -3.74. The molecule has 0 spiro atoms. The molecule has 0 saturated heterocycles. The zero-order chi connectivity index (χ0) is 20.4. The van der Waals surface area contributed by atoms with Crippen molar-refractivity contribution in [3.8, 4) is 0 Å². The van der Waals surface area contributed by atoms with Gasteiger partial charge in [0.1, 0.15) is 5.69 Å². The van der Waals surface area contributed by atoms with Gasteiger partial charge in [0.15, 0.2) is 6.61 Å². The standard InChI is InChI=1S/C22H19N3O4/c1-14-12-20(26)24-17-8-4-5-9-19(17)25(14)21(27)13-29-22(28)18-11-10-15-6-2-3-7-16(15)23-18/h2-11,14H,12-13H2,1H3,(H,24,26)/t14-/m0/s1. The second-order valence-corrected chi connectivity index (χ2v) is 6.85. The smallest absolute Gasteiger partial charge is 0.357 e. The summed E-state index contributed by atoms with van der Waals surface area (Å²) in [5.74, 6) is -1.25. The lowest BCUT2D eigenvalue weighted by Gasteiger charge is -2.27. The van der Waals surface area contributed by atoms with Gasteiger partial charge in [-0.15, -0.1) is 0 Å². The van der Waals surface area contributed by atoms with Crippen LogP contribution >= 0.6 is 0 Å². The van der Waals surface area contributed by atoms with Gasteiger partial charge in [-0.3, -0.25) is 9.59 Å². The molecule has 0 aliphatic carbocycles. The number of para-hydroxylation sites is 3. The summed E-state index contributed by atoms with van der Waals surface area (Å²) in [7, 11) is 0. The van der Waals surface area contributed by atoms with E-state index in [0.717, 1.165) is 5.39 Å². The number of carbonyl (C=O) groups is 3. The maximum atomic E-state index is 12.9. The van der Waals surface area contributed by atoms with Crippen LogP contribution in [0.15, 0.2) is 60.7 Å². The van der Waals surface area contributed by atoms with Gasteiger partial charge >= 0.3 is 5.97 Å². The van der Waals surface area contributed by atoms with Crippen LogP contribution in [0.3, 0.4) is 0 Å².